The summed E-state index contributed by atoms with van der Waals surface area (Å²) < 4.78 is 48.1. The van der Waals surface area contributed by atoms with Crippen molar-refractivity contribution in [2.75, 3.05) is 66.2 Å². The number of methoxy groups -OCH3 is 2. The van der Waals surface area contributed by atoms with Gasteiger partial charge in [0.1, 0.15) is 17.9 Å². The Labute approximate surface area is 396 Å². The van der Waals surface area contributed by atoms with Crippen LogP contribution in [0.15, 0.2) is 77.3 Å². The van der Waals surface area contributed by atoms with Crippen molar-refractivity contribution in [3.05, 3.63) is 105 Å². The molecule has 3 fully saturated rings. The van der Waals surface area contributed by atoms with Crippen LogP contribution in [0.25, 0.3) is 11.1 Å². The molecule has 0 radical (unpaired) electrons. The van der Waals surface area contributed by atoms with Crippen molar-refractivity contribution < 1.29 is 52.6 Å². The largest absolute Gasteiger partial charge is 0.493 e. The molecule has 67 heavy (non-hydrogen) atoms. The minimum absolute atomic E-state index is 0.0752. The molecule has 356 valence electrons. The van der Waals surface area contributed by atoms with E-state index in [9.17, 15) is 20.0 Å². The maximum atomic E-state index is 14.7. The number of alkyl carbamates (subject to hydrolysis) is 1. The van der Waals surface area contributed by atoms with E-state index in [2.05, 4.69) is 75.8 Å². The second-order valence-corrected chi connectivity index (χ2v) is 20.1. The number of nitrogens with zero attached hydrogens (tertiary/aromatic N) is 3. The van der Waals surface area contributed by atoms with Gasteiger partial charge in [0.25, 0.3) is 0 Å². The van der Waals surface area contributed by atoms with Crippen LogP contribution in [-0.2, 0) is 39.6 Å². The Balaban J connectivity index is 1.09. The van der Waals surface area contributed by atoms with E-state index in [-0.39, 0.29) is 61.2 Å². The molecular weight excluding hydrogens is 877 g/mol. The zero-order valence-corrected chi connectivity index (χ0v) is 40.2. The predicted octanol–water partition coefficient (Wildman–Crippen LogP) is 6.51. The number of ketones is 1. The number of rotatable bonds is 15. The molecule has 0 spiro atoms. The number of nitrogens with one attached hydrogen (secondary N) is 1. The molecule has 2 bridgehead atoms. The summed E-state index contributed by atoms with van der Waals surface area (Å²) in [7, 11) is 5.18. The number of aryl methyl sites for hydroxylation is 1. The predicted molar refractivity (Wildman–Crippen MR) is 249 cm³/mol. The summed E-state index contributed by atoms with van der Waals surface area (Å²) in [6.07, 6.45) is -1.12. The van der Waals surface area contributed by atoms with Gasteiger partial charge >= 0.3 is 6.09 Å². The number of fused-ring (bicyclic) bond motifs is 11. The minimum atomic E-state index is -2.07. The van der Waals surface area contributed by atoms with E-state index < -0.39 is 53.5 Å². The Kier molecular flexibility index (Phi) is 13.1. The first-order valence-electron chi connectivity index (χ1n) is 22.8. The number of likely N-dealkylation sites (N-methyl/N-ethyl adjacent to an activating group) is 1. The Morgan fingerprint density at radius 3 is 2.40 bits per heavy atom. The number of thioether (sulfide) groups is 1. The van der Waals surface area contributed by atoms with Crippen LogP contribution in [-0.4, -0.2) is 135 Å². The van der Waals surface area contributed by atoms with Crippen molar-refractivity contribution >= 4 is 23.6 Å². The van der Waals surface area contributed by atoms with Crippen molar-refractivity contribution in [3.63, 3.8) is 0 Å². The molecule has 3 aromatic rings. The second-order valence-electron chi connectivity index (χ2n) is 19.0. The number of Topliss-reactive ketones (excluding diaryl/α,β-unsaturated/α-hetero) is 1. The summed E-state index contributed by atoms with van der Waals surface area (Å²) in [6.45, 7) is 9.33. The van der Waals surface area contributed by atoms with Gasteiger partial charge in [0, 0.05) is 59.7 Å². The Bertz CT molecular complexity index is 2490. The van der Waals surface area contributed by atoms with Gasteiger partial charge in [-0.3, -0.25) is 19.9 Å². The normalized spacial score (nSPS) is 25.7. The highest BCUT2D eigenvalue weighted by Crippen LogP contribution is 2.57. The summed E-state index contributed by atoms with van der Waals surface area (Å²) in [5.74, 6) is 2.24. The first-order valence-corrected chi connectivity index (χ1v) is 24.0. The number of carbonyl (C=O) groups is 2. The quantitative estimate of drug-likeness (QED) is 0.125. The maximum Gasteiger partial charge on any atom is 0.409 e. The molecule has 4 aliphatic heterocycles. The molecule has 7 atom stereocenters. The molecule has 4 heterocycles. The van der Waals surface area contributed by atoms with Gasteiger partial charge in [0.15, 0.2) is 41.2 Å². The highest BCUT2D eigenvalue weighted by atomic mass is 32.2. The first kappa shape index (κ1) is 47.0. The van der Waals surface area contributed by atoms with E-state index >= 15 is 0 Å². The number of piperidine rings is 1. The van der Waals surface area contributed by atoms with E-state index in [0.717, 1.165) is 16.7 Å². The zero-order valence-electron chi connectivity index (χ0n) is 39.4. The van der Waals surface area contributed by atoms with Gasteiger partial charge in [-0.1, -0.05) is 54.6 Å². The third kappa shape index (κ3) is 8.36. The van der Waals surface area contributed by atoms with Crippen LogP contribution in [0.4, 0.5) is 4.79 Å². The van der Waals surface area contributed by atoms with Crippen LogP contribution in [0.5, 0.6) is 11.5 Å². The Hall–Kier alpha value is -5.12. The molecule has 16 heteroatoms. The molecule has 3 aromatic carbocycles. The molecule has 6 aliphatic rings. The topological polar surface area (TPSA) is 171 Å². The number of aliphatic hydroxyl groups is 1. The number of amides is 1. The molecule has 0 saturated carbocycles. The van der Waals surface area contributed by atoms with Crippen molar-refractivity contribution in [3.8, 4) is 28.7 Å². The monoisotopic (exact) mass is 936 g/mol. The molecule has 2 N–H and O–H groups in total. The summed E-state index contributed by atoms with van der Waals surface area (Å²) >= 11 is 1.64. The van der Waals surface area contributed by atoms with Gasteiger partial charge in [-0.05, 0) is 81.5 Å². The average Bonchev–Trinajstić information content (AvgIpc) is 3.90. The van der Waals surface area contributed by atoms with Gasteiger partial charge in [0.05, 0.1) is 45.1 Å². The first-order chi connectivity index (χ1) is 32.2. The number of hydrogen-bond donors (Lipinski definition) is 2. The number of hydrogen-bond acceptors (Lipinski definition) is 15. The maximum absolute atomic E-state index is 14.7. The van der Waals surface area contributed by atoms with E-state index in [1.165, 1.54) is 22.3 Å². The third-order valence-corrected chi connectivity index (χ3v) is 15.0. The lowest BCUT2D eigenvalue weighted by atomic mass is 9.65. The molecule has 3 saturated heterocycles. The second kappa shape index (κ2) is 18.8. The van der Waals surface area contributed by atoms with Gasteiger partial charge in [-0.25, -0.2) is 4.79 Å². The number of carbonyl (C=O) groups excluding carboxylic acids is 2. The molecule has 2 aliphatic carbocycles. The molecule has 1 amide bonds. The van der Waals surface area contributed by atoms with Crippen LogP contribution in [0.3, 0.4) is 0 Å². The lowest BCUT2D eigenvalue weighted by Crippen LogP contribution is -2.74. The molecular formula is C51H60N4O11S. The molecule has 15 nitrogen and oxygen atoms in total. The fourth-order valence-electron chi connectivity index (χ4n) is 11.2. The highest BCUT2D eigenvalue weighted by Gasteiger charge is 2.64. The van der Waals surface area contributed by atoms with Crippen molar-refractivity contribution in [2.24, 2.45) is 0 Å². The Morgan fingerprint density at radius 1 is 1.03 bits per heavy atom. The lowest BCUT2D eigenvalue weighted by molar-refractivity contribution is -0.153. The van der Waals surface area contributed by atoms with E-state index in [0.29, 0.717) is 42.6 Å². The van der Waals surface area contributed by atoms with Crippen LogP contribution in [0, 0.1) is 18.3 Å². The molecule has 0 aromatic heterocycles. The van der Waals surface area contributed by atoms with Crippen molar-refractivity contribution in [1.82, 2.24) is 15.1 Å². The van der Waals surface area contributed by atoms with Crippen molar-refractivity contribution in [2.45, 2.75) is 101 Å². The average molecular weight is 937 g/mol. The van der Waals surface area contributed by atoms with Gasteiger partial charge in [0.2, 0.25) is 6.79 Å². The number of benzene rings is 3. The van der Waals surface area contributed by atoms with Crippen LogP contribution in [0.1, 0.15) is 73.9 Å². The van der Waals surface area contributed by atoms with Crippen LogP contribution in [0.2, 0.25) is 0 Å². The number of piperazine rings is 1. The van der Waals surface area contributed by atoms with Crippen molar-refractivity contribution in [1.29, 1.82) is 5.26 Å². The van der Waals surface area contributed by atoms with E-state index in [1.807, 2.05) is 14.0 Å². The highest BCUT2D eigenvalue weighted by molar-refractivity contribution is 7.99. The summed E-state index contributed by atoms with van der Waals surface area (Å²) in [5, 5.41) is 27.4. The zero-order chi connectivity index (χ0) is 47.4. The summed E-state index contributed by atoms with van der Waals surface area (Å²) in [5.41, 5.74) is 5.28. The van der Waals surface area contributed by atoms with E-state index in [4.69, 9.17) is 37.9 Å². The SMILES string of the molecule is COCCOCOc1c(OC)c(C)cc2c1[C@H]1C3CC4(O)C(=O)C(C)=C5OCOC5=C4[C@H](COC(CSCC4c5ccccc5-c5ccccc54)NC(=O)OC(C)(C)C)N3[C@@H](C#N)[C@@H](C2)N1C. The lowest BCUT2D eigenvalue weighted by Gasteiger charge is -2.62. The van der Waals surface area contributed by atoms with Gasteiger partial charge in [-0.2, -0.15) is 17.0 Å². The van der Waals surface area contributed by atoms with Gasteiger partial charge < -0.3 is 43.0 Å². The minimum Gasteiger partial charge on any atom is -0.493 e. The molecule has 9 rings (SSSR count). The number of ether oxygens (including phenoxy) is 8. The van der Waals surface area contributed by atoms with Crippen LogP contribution >= 0.6 is 11.8 Å². The fraction of sp³-hybridized carbons (Fsp3) is 0.510. The smallest absolute Gasteiger partial charge is 0.409 e. The summed E-state index contributed by atoms with van der Waals surface area (Å²) in [6, 6.07) is 18.5. The number of nitriles is 1. The third-order valence-electron chi connectivity index (χ3n) is 13.9. The van der Waals surface area contributed by atoms with Gasteiger partial charge in [-0.15, -0.1) is 0 Å². The standard InChI is InChI=1S/C51H60N4O11S/c1-28-19-30-20-36-38(22-52)55-37(43(54(36)6)41(30)46(44(28)60-8)63-26-61-18-17-59-7)21-51(58)42(47-45(64-27-65-47)29(2)48(51)56)39(55)23-62-40(53-49(57)66-50(3,4)5)25-67-24-35-33-15-11-9-13-31(33)32-14-10-12-16-34(32)35/h9-16,19,35-40,43,58H,17-18,20-21,23-27H2,1-8H3,(H,53,57)/t36-,37?,38+,39+,40?,43-,51?/m1/s1. The van der Waals surface area contributed by atoms with E-state index in [1.54, 1.807) is 53.7 Å². The van der Waals surface area contributed by atoms with Crippen LogP contribution < -0.4 is 14.8 Å². The molecule has 3 unspecified atom stereocenters. The Morgan fingerprint density at radius 2 is 1.73 bits per heavy atom. The summed E-state index contributed by atoms with van der Waals surface area (Å²) in [4.78, 5) is 32.6. The fourth-order valence-corrected chi connectivity index (χ4v) is 12.3.